The van der Waals surface area contributed by atoms with E-state index in [-0.39, 0.29) is 0 Å². The topological polar surface area (TPSA) is 56.7 Å². The molecule has 19 heavy (non-hydrogen) atoms. The van der Waals surface area contributed by atoms with Crippen LogP contribution in [0.3, 0.4) is 0 Å². The molecule has 0 saturated heterocycles. The molecule has 0 aliphatic heterocycles. The number of nitrogens with zero attached hydrogens (tertiary/aromatic N) is 3. The first kappa shape index (κ1) is 14.1. The van der Waals surface area contributed by atoms with Gasteiger partial charge in [-0.1, -0.05) is 30.0 Å². The fraction of sp³-hybridized carbons (Fsp3) is 0.429. The van der Waals surface area contributed by atoms with Gasteiger partial charge in [0.1, 0.15) is 5.82 Å². The Hall–Kier alpha value is -1.33. The van der Waals surface area contributed by atoms with E-state index in [0.29, 0.717) is 6.54 Å². The number of aryl methyl sites for hydroxylation is 2. The molecule has 0 spiro atoms. The van der Waals surface area contributed by atoms with Crippen molar-refractivity contribution < 1.29 is 0 Å². The van der Waals surface area contributed by atoms with E-state index >= 15 is 0 Å². The van der Waals surface area contributed by atoms with Crippen LogP contribution in [0.2, 0.25) is 0 Å². The summed E-state index contributed by atoms with van der Waals surface area (Å²) in [5, 5.41) is 9.31. The molecule has 1 aromatic carbocycles. The highest BCUT2D eigenvalue weighted by atomic mass is 32.2. The van der Waals surface area contributed by atoms with Crippen LogP contribution in [-0.4, -0.2) is 14.8 Å². The van der Waals surface area contributed by atoms with E-state index in [0.717, 1.165) is 23.3 Å². The van der Waals surface area contributed by atoms with Crippen LogP contribution in [0.15, 0.2) is 23.4 Å². The zero-order valence-corrected chi connectivity index (χ0v) is 12.5. The summed E-state index contributed by atoms with van der Waals surface area (Å²) in [6.45, 7) is 7.68. The molecule has 102 valence electrons. The zero-order valence-electron chi connectivity index (χ0n) is 11.7. The van der Waals surface area contributed by atoms with Crippen molar-refractivity contribution in [2.45, 2.75) is 44.8 Å². The Kier molecular flexibility index (Phi) is 4.61. The molecule has 0 unspecified atom stereocenters. The predicted molar refractivity (Wildman–Crippen MR) is 79.1 cm³/mol. The lowest BCUT2D eigenvalue weighted by Crippen LogP contribution is -2.08. The van der Waals surface area contributed by atoms with E-state index in [1.165, 1.54) is 16.7 Å². The van der Waals surface area contributed by atoms with Crippen LogP contribution in [-0.2, 0) is 18.8 Å². The lowest BCUT2D eigenvalue weighted by molar-refractivity contribution is 0.643. The van der Waals surface area contributed by atoms with Crippen molar-refractivity contribution in [3.63, 3.8) is 0 Å². The van der Waals surface area contributed by atoms with Gasteiger partial charge >= 0.3 is 0 Å². The number of aromatic nitrogens is 3. The van der Waals surface area contributed by atoms with Gasteiger partial charge in [-0.2, -0.15) is 0 Å². The smallest absolute Gasteiger partial charge is 0.191 e. The van der Waals surface area contributed by atoms with Gasteiger partial charge in [0.2, 0.25) is 0 Å². The lowest BCUT2D eigenvalue weighted by Gasteiger charge is -2.10. The molecule has 0 saturated carbocycles. The largest absolute Gasteiger partial charge is 0.324 e. The van der Waals surface area contributed by atoms with Crippen molar-refractivity contribution >= 4 is 11.8 Å². The minimum atomic E-state index is 0.435. The second-order valence-electron chi connectivity index (χ2n) is 4.51. The summed E-state index contributed by atoms with van der Waals surface area (Å²) in [5.74, 6) is 1.77. The molecule has 0 bridgehead atoms. The molecule has 4 nitrogen and oxygen atoms in total. The number of nitrogens with two attached hydrogens (primary N) is 1. The van der Waals surface area contributed by atoms with Gasteiger partial charge in [0, 0.05) is 12.3 Å². The van der Waals surface area contributed by atoms with Crippen LogP contribution in [0, 0.1) is 13.8 Å². The van der Waals surface area contributed by atoms with Gasteiger partial charge in [-0.25, -0.2) is 0 Å². The first-order valence-electron chi connectivity index (χ1n) is 6.47. The molecule has 2 N–H and O–H groups in total. The number of hydrogen-bond donors (Lipinski definition) is 1. The SMILES string of the molecule is CCn1c(CN)nnc1SCc1c(C)cccc1C. The molecule has 2 aromatic rings. The number of hydrogen-bond acceptors (Lipinski definition) is 4. The summed E-state index contributed by atoms with van der Waals surface area (Å²) < 4.78 is 2.08. The van der Waals surface area contributed by atoms with Crippen molar-refractivity contribution in [2.75, 3.05) is 0 Å². The Labute approximate surface area is 118 Å². The van der Waals surface area contributed by atoms with E-state index in [2.05, 4.69) is 53.7 Å². The summed E-state index contributed by atoms with van der Waals surface area (Å²) >= 11 is 1.72. The maximum Gasteiger partial charge on any atom is 0.191 e. The van der Waals surface area contributed by atoms with Crippen LogP contribution < -0.4 is 5.73 Å². The highest BCUT2D eigenvalue weighted by molar-refractivity contribution is 7.98. The van der Waals surface area contributed by atoms with Crippen molar-refractivity contribution in [2.24, 2.45) is 5.73 Å². The first-order chi connectivity index (χ1) is 9.17. The summed E-state index contributed by atoms with van der Waals surface area (Å²) in [4.78, 5) is 0. The summed E-state index contributed by atoms with van der Waals surface area (Å²) in [6.07, 6.45) is 0. The minimum absolute atomic E-state index is 0.435. The Morgan fingerprint density at radius 2 is 1.89 bits per heavy atom. The van der Waals surface area contributed by atoms with E-state index in [1.807, 2.05) is 0 Å². The van der Waals surface area contributed by atoms with Crippen molar-refractivity contribution in [1.29, 1.82) is 0 Å². The summed E-state index contributed by atoms with van der Waals surface area (Å²) in [7, 11) is 0. The van der Waals surface area contributed by atoms with Gasteiger partial charge < -0.3 is 10.3 Å². The Morgan fingerprint density at radius 3 is 2.47 bits per heavy atom. The van der Waals surface area contributed by atoms with Gasteiger partial charge in [0.15, 0.2) is 5.16 Å². The van der Waals surface area contributed by atoms with E-state index < -0.39 is 0 Å². The van der Waals surface area contributed by atoms with Crippen LogP contribution in [0.5, 0.6) is 0 Å². The van der Waals surface area contributed by atoms with Crippen LogP contribution in [0.1, 0.15) is 29.4 Å². The Bertz CT molecular complexity index is 542. The molecule has 0 radical (unpaired) electrons. The van der Waals surface area contributed by atoms with Crippen LogP contribution >= 0.6 is 11.8 Å². The Morgan fingerprint density at radius 1 is 1.21 bits per heavy atom. The van der Waals surface area contributed by atoms with Gasteiger partial charge in [-0.15, -0.1) is 10.2 Å². The molecular weight excluding hydrogens is 256 g/mol. The predicted octanol–water partition coefficient (Wildman–Crippen LogP) is 2.67. The number of rotatable bonds is 5. The second-order valence-corrected chi connectivity index (χ2v) is 5.45. The summed E-state index contributed by atoms with van der Waals surface area (Å²) in [5.41, 5.74) is 9.70. The quantitative estimate of drug-likeness (QED) is 0.853. The molecule has 1 heterocycles. The number of thioether (sulfide) groups is 1. The fourth-order valence-corrected chi connectivity index (χ4v) is 3.33. The Balaban J connectivity index is 2.17. The third kappa shape index (κ3) is 2.98. The molecule has 1 aromatic heterocycles. The normalized spacial score (nSPS) is 10.9. The maximum atomic E-state index is 5.66. The lowest BCUT2D eigenvalue weighted by atomic mass is 10.1. The second kappa shape index (κ2) is 6.21. The van der Waals surface area contributed by atoms with E-state index in [1.54, 1.807) is 11.8 Å². The molecule has 5 heteroatoms. The standard InChI is InChI=1S/C14H20N4S/c1-4-18-13(8-15)16-17-14(18)19-9-12-10(2)6-5-7-11(12)3/h5-7H,4,8-9,15H2,1-3H3. The van der Waals surface area contributed by atoms with Crippen molar-refractivity contribution in [1.82, 2.24) is 14.8 Å². The van der Waals surface area contributed by atoms with Gasteiger partial charge in [-0.3, -0.25) is 0 Å². The summed E-state index contributed by atoms with van der Waals surface area (Å²) in [6, 6.07) is 6.40. The average Bonchev–Trinajstić information content (AvgIpc) is 2.80. The molecule has 0 aliphatic carbocycles. The van der Waals surface area contributed by atoms with Crippen molar-refractivity contribution in [3.05, 3.63) is 40.7 Å². The molecule has 0 aliphatic rings. The maximum absolute atomic E-state index is 5.66. The number of benzene rings is 1. The molecule has 0 atom stereocenters. The zero-order chi connectivity index (χ0) is 13.8. The average molecular weight is 276 g/mol. The molecule has 0 amide bonds. The third-order valence-electron chi connectivity index (χ3n) is 3.28. The van der Waals surface area contributed by atoms with E-state index in [9.17, 15) is 0 Å². The molecule has 2 rings (SSSR count). The van der Waals surface area contributed by atoms with Gasteiger partial charge in [-0.05, 0) is 37.5 Å². The third-order valence-corrected chi connectivity index (χ3v) is 4.28. The molecular formula is C14H20N4S. The van der Waals surface area contributed by atoms with Crippen LogP contribution in [0.4, 0.5) is 0 Å². The van der Waals surface area contributed by atoms with Crippen LogP contribution in [0.25, 0.3) is 0 Å². The highest BCUT2D eigenvalue weighted by Crippen LogP contribution is 2.25. The van der Waals surface area contributed by atoms with Gasteiger partial charge in [0.25, 0.3) is 0 Å². The minimum Gasteiger partial charge on any atom is -0.324 e. The fourth-order valence-electron chi connectivity index (χ4n) is 2.11. The monoisotopic (exact) mass is 276 g/mol. The van der Waals surface area contributed by atoms with E-state index in [4.69, 9.17) is 5.73 Å². The molecule has 0 fully saturated rings. The van der Waals surface area contributed by atoms with Gasteiger partial charge in [0.05, 0.1) is 6.54 Å². The first-order valence-corrected chi connectivity index (χ1v) is 7.46. The van der Waals surface area contributed by atoms with Crippen molar-refractivity contribution in [3.8, 4) is 0 Å². The highest BCUT2D eigenvalue weighted by Gasteiger charge is 2.11.